The number of fused-ring (bicyclic) bond motifs is 1. The van der Waals surface area contributed by atoms with Crippen LogP contribution in [-0.2, 0) is 0 Å². The van der Waals surface area contributed by atoms with Gasteiger partial charge in [-0.05, 0) is 30.3 Å². The summed E-state index contributed by atoms with van der Waals surface area (Å²) < 4.78 is 18.1. The lowest BCUT2D eigenvalue weighted by Crippen LogP contribution is -2.12. The molecule has 0 unspecified atom stereocenters. The zero-order valence-electron chi connectivity index (χ0n) is 9.76. The van der Waals surface area contributed by atoms with E-state index in [-0.39, 0.29) is 5.56 Å². The topological polar surface area (TPSA) is 55.1 Å². The number of carbonyl (C=O) groups excluding carboxylic acids is 1. The first-order chi connectivity index (χ1) is 9.24. The van der Waals surface area contributed by atoms with Gasteiger partial charge in [-0.1, -0.05) is 23.4 Å². The van der Waals surface area contributed by atoms with Gasteiger partial charge in [0.2, 0.25) is 0 Å². The van der Waals surface area contributed by atoms with Gasteiger partial charge in [0.15, 0.2) is 11.4 Å². The lowest BCUT2D eigenvalue weighted by Gasteiger charge is -2.01. The fraction of sp³-hybridized carbons (Fsp3) is 0. The highest BCUT2D eigenvalue weighted by atomic mass is 19.1. The Hall–Kier alpha value is -2.69. The van der Waals surface area contributed by atoms with Crippen LogP contribution < -0.4 is 5.32 Å². The van der Waals surface area contributed by atoms with Crippen molar-refractivity contribution in [3.8, 4) is 0 Å². The van der Waals surface area contributed by atoms with E-state index in [1.807, 2.05) is 12.1 Å². The second-order valence-corrected chi connectivity index (χ2v) is 3.99. The molecule has 0 fully saturated rings. The van der Waals surface area contributed by atoms with Crippen molar-refractivity contribution in [3.05, 3.63) is 59.9 Å². The summed E-state index contributed by atoms with van der Waals surface area (Å²) in [5.74, 6) is -0.568. The molecule has 1 N–H and O–H groups in total. The molecule has 94 valence electrons. The van der Waals surface area contributed by atoms with E-state index >= 15 is 0 Å². The Morgan fingerprint density at radius 3 is 2.84 bits per heavy atom. The fourth-order valence-corrected chi connectivity index (χ4v) is 1.79. The molecule has 5 heteroatoms. The van der Waals surface area contributed by atoms with E-state index in [1.54, 1.807) is 12.1 Å². The monoisotopic (exact) mass is 256 g/mol. The maximum absolute atomic E-state index is 13.0. The zero-order valence-corrected chi connectivity index (χ0v) is 9.76. The minimum absolute atomic E-state index is 0.229. The van der Waals surface area contributed by atoms with Crippen LogP contribution in [0.2, 0.25) is 0 Å². The Morgan fingerprint density at radius 1 is 1.16 bits per heavy atom. The second-order valence-electron chi connectivity index (χ2n) is 3.99. The third-order valence-corrected chi connectivity index (χ3v) is 2.70. The van der Waals surface area contributed by atoms with Crippen molar-refractivity contribution in [3.63, 3.8) is 0 Å². The predicted octanol–water partition coefficient (Wildman–Crippen LogP) is 3.22. The van der Waals surface area contributed by atoms with Crippen molar-refractivity contribution in [2.75, 3.05) is 5.32 Å². The highest BCUT2D eigenvalue weighted by Gasteiger charge is 2.12. The van der Waals surface area contributed by atoms with E-state index < -0.39 is 11.7 Å². The molecule has 0 bridgehead atoms. The van der Waals surface area contributed by atoms with Gasteiger partial charge in [-0.25, -0.2) is 4.39 Å². The Morgan fingerprint density at radius 2 is 2.00 bits per heavy atom. The molecule has 0 saturated heterocycles. The average Bonchev–Trinajstić information content (AvgIpc) is 2.82. The van der Waals surface area contributed by atoms with Crippen LogP contribution in [0.1, 0.15) is 10.4 Å². The summed E-state index contributed by atoms with van der Waals surface area (Å²) in [7, 11) is 0. The molecule has 1 aromatic heterocycles. The Labute approximate surface area is 107 Å². The number of para-hydroxylation sites is 1. The summed E-state index contributed by atoms with van der Waals surface area (Å²) in [5.41, 5.74) is 0.809. The summed E-state index contributed by atoms with van der Waals surface area (Å²) in [4.78, 5) is 11.9. The van der Waals surface area contributed by atoms with Crippen molar-refractivity contribution < 1.29 is 13.7 Å². The standard InChI is InChI=1S/C14H9FN2O2/c15-10-5-3-4-9(8-10)14(18)16-13-11-6-1-2-7-12(11)19-17-13/h1-8H,(H,16,17,18). The number of anilines is 1. The smallest absolute Gasteiger partial charge is 0.257 e. The average molecular weight is 256 g/mol. The molecule has 0 spiro atoms. The third kappa shape index (κ3) is 2.18. The number of hydrogen-bond donors (Lipinski definition) is 1. The SMILES string of the molecule is O=C(Nc1noc2ccccc12)c1cccc(F)c1. The molecule has 4 nitrogen and oxygen atoms in total. The number of amides is 1. The Kier molecular flexibility index (Phi) is 2.72. The maximum atomic E-state index is 13.0. The van der Waals surface area contributed by atoms with Crippen LogP contribution in [0.3, 0.4) is 0 Å². The minimum atomic E-state index is -0.460. The van der Waals surface area contributed by atoms with Crippen LogP contribution in [-0.4, -0.2) is 11.1 Å². The molecule has 3 aromatic rings. The van der Waals surface area contributed by atoms with E-state index in [2.05, 4.69) is 10.5 Å². The maximum Gasteiger partial charge on any atom is 0.257 e. The molecule has 0 saturated carbocycles. The largest absolute Gasteiger partial charge is 0.354 e. The molecule has 2 aromatic carbocycles. The van der Waals surface area contributed by atoms with Crippen LogP contribution in [0.4, 0.5) is 10.2 Å². The minimum Gasteiger partial charge on any atom is -0.354 e. The summed E-state index contributed by atoms with van der Waals surface area (Å²) in [6.07, 6.45) is 0. The highest BCUT2D eigenvalue weighted by molar-refractivity contribution is 6.07. The molecule has 3 rings (SSSR count). The van der Waals surface area contributed by atoms with E-state index in [9.17, 15) is 9.18 Å². The Balaban J connectivity index is 1.91. The van der Waals surface area contributed by atoms with Crippen molar-refractivity contribution in [1.29, 1.82) is 0 Å². The van der Waals surface area contributed by atoms with Crippen LogP contribution in [0.5, 0.6) is 0 Å². The van der Waals surface area contributed by atoms with E-state index in [0.29, 0.717) is 16.8 Å². The molecule has 1 heterocycles. The quantitative estimate of drug-likeness (QED) is 0.765. The van der Waals surface area contributed by atoms with Gasteiger partial charge in [0, 0.05) is 5.56 Å². The molecule has 0 radical (unpaired) electrons. The van der Waals surface area contributed by atoms with E-state index in [1.165, 1.54) is 18.2 Å². The lowest BCUT2D eigenvalue weighted by atomic mass is 10.2. The highest BCUT2D eigenvalue weighted by Crippen LogP contribution is 2.22. The number of benzene rings is 2. The van der Waals surface area contributed by atoms with Crippen LogP contribution in [0, 0.1) is 5.82 Å². The molecule has 0 aliphatic rings. The summed E-state index contributed by atoms with van der Waals surface area (Å²) >= 11 is 0. The summed E-state index contributed by atoms with van der Waals surface area (Å²) in [6.45, 7) is 0. The van der Waals surface area contributed by atoms with Gasteiger partial charge < -0.3 is 9.84 Å². The number of hydrogen-bond acceptors (Lipinski definition) is 3. The second kappa shape index (κ2) is 4.53. The lowest BCUT2D eigenvalue weighted by molar-refractivity contribution is 0.102. The molecule has 1 amide bonds. The van der Waals surface area contributed by atoms with E-state index in [4.69, 9.17) is 4.52 Å². The van der Waals surface area contributed by atoms with Gasteiger partial charge in [-0.2, -0.15) is 0 Å². The molecule has 0 aliphatic carbocycles. The number of carbonyl (C=O) groups is 1. The van der Waals surface area contributed by atoms with Crippen molar-refractivity contribution in [2.24, 2.45) is 0 Å². The van der Waals surface area contributed by atoms with Crippen molar-refractivity contribution in [1.82, 2.24) is 5.16 Å². The van der Waals surface area contributed by atoms with Gasteiger partial charge in [-0.15, -0.1) is 0 Å². The fourth-order valence-electron chi connectivity index (χ4n) is 1.79. The van der Waals surface area contributed by atoms with Crippen LogP contribution in [0.25, 0.3) is 11.0 Å². The third-order valence-electron chi connectivity index (χ3n) is 2.70. The van der Waals surface area contributed by atoms with Gasteiger partial charge in [0.1, 0.15) is 5.82 Å². The van der Waals surface area contributed by atoms with Crippen molar-refractivity contribution in [2.45, 2.75) is 0 Å². The van der Waals surface area contributed by atoms with Gasteiger partial charge >= 0.3 is 0 Å². The van der Waals surface area contributed by atoms with E-state index in [0.717, 1.165) is 6.07 Å². The predicted molar refractivity (Wildman–Crippen MR) is 68.4 cm³/mol. The molecule has 19 heavy (non-hydrogen) atoms. The van der Waals surface area contributed by atoms with Gasteiger partial charge in [-0.3, -0.25) is 4.79 Å². The molecular weight excluding hydrogens is 247 g/mol. The number of rotatable bonds is 2. The summed E-state index contributed by atoms with van der Waals surface area (Å²) in [6, 6.07) is 12.6. The molecule has 0 aliphatic heterocycles. The molecular formula is C14H9FN2O2. The van der Waals surface area contributed by atoms with Crippen LogP contribution in [0.15, 0.2) is 53.1 Å². The number of nitrogens with one attached hydrogen (secondary N) is 1. The normalized spacial score (nSPS) is 10.6. The number of nitrogens with zero attached hydrogens (tertiary/aromatic N) is 1. The zero-order chi connectivity index (χ0) is 13.2. The Bertz CT molecular complexity index is 752. The van der Waals surface area contributed by atoms with Crippen molar-refractivity contribution >= 4 is 22.7 Å². The molecule has 0 atom stereocenters. The first-order valence-corrected chi connectivity index (χ1v) is 5.65. The van der Waals surface area contributed by atoms with Gasteiger partial charge in [0.05, 0.1) is 5.39 Å². The number of halogens is 1. The summed E-state index contributed by atoms with van der Waals surface area (Å²) in [5, 5.41) is 7.08. The first-order valence-electron chi connectivity index (χ1n) is 5.65. The van der Waals surface area contributed by atoms with Crippen LogP contribution >= 0.6 is 0 Å². The van der Waals surface area contributed by atoms with Gasteiger partial charge in [0.25, 0.3) is 5.91 Å². The first kappa shape index (κ1) is 11.4. The number of aromatic nitrogens is 1.